The lowest BCUT2D eigenvalue weighted by molar-refractivity contribution is 0.152. The van der Waals surface area contributed by atoms with Crippen LogP contribution in [0.15, 0.2) is 36.4 Å². The molecule has 3 rings (SSSR count). The number of fused-ring (bicyclic) bond motifs is 1. The highest BCUT2D eigenvalue weighted by atomic mass is 35.5. The van der Waals surface area contributed by atoms with E-state index in [0.29, 0.717) is 5.39 Å². The van der Waals surface area contributed by atoms with E-state index in [1.54, 1.807) is 6.07 Å². The van der Waals surface area contributed by atoms with Crippen molar-refractivity contribution in [3.05, 3.63) is 52.1 Å². The Morgan fingerprint density at radius 1 is 1.17 bits per heavy atom. The summed E-state index contributed by atoms with van der Waals surface area (Å²) in [6.07, 6.45) is -4.14. The predicted molar refractivity (Wildman–Crippen MR) is 83.6 cm³/mol. The Bertz CT molecular complexity index is 925. The number of alkyl halides is 2. The van der Waals surface area contributed by atoms with E-state index >= 15 is 0 Å². The number of nitrogens with zero attached hydrogens (tertiary/aromatic N) is 2. The van der Waals surface area contributed by atoms with Gasteiger partial charge in [-0.25, -0.2) is 23.1 Å². The average molecular weight is 357 g/mol. The maximum Gasteiger partial charge on any atom is 0.417 e. The van der Waals surface area contributed by atoms with Crippen LogP contribution in [0.25, 0.3) is 22.3 Å². The summed E-state index contributed by atoms with van der Waals surface area (Å²) < 4.78 is 27.3. The van der Waals surface area contributed by atoms with Crippen molar-refractivity contribution in [2.45, 2.75) is 6.43 Å². The molecule has 0 saturated heterocycles. The first-order valence-corrected chi connectivity index (χ1v) is 7.13. The minimum atomic E-state index is -2.78. The van der Waals surface area contributed by atoms with Gasteiger partial charge in [-0.2, -0.15) is 0 Å². The first-order valence-electron chi connectivity index (χ1n) is 6.37. The van der Waals surface area contributed by atoms with Crippen molar-refractivity contribution in [1.82, 2.24) is 9.55 Å². The topological polar surface area (TPSA) is 55.1 Å². The molecule has 0 aliphatic rings. The third-order valence-corrected chi connectivity index (χ3v) is 3.78. The van der Waals surface area contributed by atoms with Crippen molar-refractivity contribution in [3.63, 3.8) is 0 Å². The lowest BCUT2D eigenvalue weighted by Gasteiger charge is -2.11. The van der Waals surface area contributed by atoms with E-state index in [1.165, 1.54) is 30.3 Å². The number of benzene rings is 1. The molecule has 4 nitrogen and oxygen atoms in total. The van der Waals surface area contributed by atoms with Crippen LogP contribution in [0.4, 0.5) is 13.6 Å². The van der Waals surface area contributed by atoms with Crippen LogP contribution in [-0.4, -0.2) is 20.8 Å². The molecule has 0 amide bonds. The third kappa shape index (κ3) is 2.75. The van der Waals surface area contributed by atoms with Gasteiger partial charge < -0.3 is 5.11 Å². The molecule has 0 radical (unpaired) electrons. The molecule has 3 aromatic rings. The molecule has 0 fully saturated rings. The standard InChI is InChI=1S/C15H8Cl2F2N2O2/c16-8-2-3-9(13(18)19)10(6-8)11-5-7-1-4-12(17)20-14(7)21(11)15(22)23/h1-6,13H,(H,22,23). The van der Waals surface area contributed by atoms with Gasteiger partial charge in [-0.05, 0) is 30.3 Å². The fourth-order valence-electron chi connectivity index (χ4n) is 2.39. The zero-order valence-electron chi connectivity index (χ0n) is 11.3. The number of hydrogen-bond acceptors (Lipinski definition) is 2. The summed E-state index contributed by atoms with van der Waals surface area (Å²) in [6.45, 7) is 0. The molecule has 0 aliphatic heterocycles. The summed E-state index contributed by atoms with van der Waals surface area (Å²) in [5, 5.41) is 10.2. The van der Waals surface area contributed by atoms with Gasteiger partial charge in [0.15, 0.2) is 5.65 Å². The van der Waals surface area contributed by atoms with Crippen molar-refractivity contribution in [1.29, 1.82) is 0 Å². The molecular formula is C15H8Cl2F2N2O2. The Kier molecular flexibility index (Phi) is 3.95. The monoisotopic (exact) mass is 356 g/mol. The van der Waals surface area contributed by atoms with Crippen LogP contribution in [-0.2, 0) is 0 Å². The quantitative estimate of drug-likeness (QED) is 0.619. The lowest BCUT2D eigenvalue weighted by Crippen LogP contribution is -2.10. The van der Waals surface area contributed by atoms with Crippen molar-refractivity contribution in [3.8, 4) is 11.3 Å². The van der Waals surface area contributed by atoms with Crippen LogP contribution in [0.3, 0.4) is 0 Å². The third-order valence-electron chi connectivity index (χ3n) is 3.33. The van der Waals surface area contributed by atoms with E-state index in [-0.39, 0.29) is 32.6 Å². The minimum Gasteiger partial charge on any atom is -0.464 e. The van der Waals surface area contributed by atoms with Gasteiger partial charge in [-0.3, -0.25) is 0 Å². The van der Waals surface area contributed by atoms with Crippen molar-refractivity contribution >= 4 is 40.3 Å². The van der Waals surface area contributed by atoms with Crippen LogP contribution < -0.4 is 0 Å². The summed E-state index contributed by atoms with van der Waals surface area (Å²) >= 11 is 11.7. The molecule has 2 heterocycles. The normalized spacial score (nSPS) is 11.3. The second-order valence-corrected chi connectivity index (χ2v) is 5.55. The van der Waals surface area contributed by atoms with Crippen LogP contribution in [0.1, 0.15) is 12.0 Å². The number of rotatable bonds is 2. The number of carboxylic acid groups (broad SMARTS) is 1. The molecule has 1 N–H and O–H groups in total. The van der Waals surface area contributed by atoms with Gasteiger partial charge in [-0.1, -0.05) is 29.3 Å². The predicted octanol–water partition coefficient (Wildman–Crippen LogP) is 5.47. The summed E-state index contributed by atoms with van der Waals surface area (Å²) in [4.78, 5) is 15.6. The number of hydrogen-bond donors (Lipinski definition) is 1. The molecule has 118 valence electrons. The second kappa shape index (κ2) is 5.79. The van der Waals surface area contributed by atoms with E-state index in [2.05, 4.69) is 4.98 Å². The number of halogens is 4. The van der Waals surface area contributed by atoms with Gasteiger partial charge in [0.2, 0.25) is 0 Å². The molecule has 1 aromatic carbocycles. The second-order valence-electron chi connectivity index (χ2n) is 4.73. The lowest BCUT2D eigenvalue weighted by atomic mass is 10.0. The van der Waals surface area contributed by atoms with Crippen LogP contribution in [0.2, 0.25) is 10.2 Å². The SMILES string of the molecule is O=C(O)n1c(-c2cc(Cl)ccc2C(F)F)cc2ccc(Cl)nc21. The summed E-state index contributed by atoms with van der Waals surface area (Å²) in [6, 6.07) is 8.33. The summed E-state index contributed by atoms with van der Waals surface area (Å²) in [5.74, 6) is 0. The van der Waals surface area contributed by atoms with E-state index in [9.17, 15) is 18.7 Å². The average Bonchev–Trinajstić information content (AvgIpc) is 2.85. The Morgan fingerprint density at radius 3 is 2.57 bits per heavy atom. The molecular weight excluding hydrogens is 349 g/mol. The van der Waals surface area contributed by atoms with Gasteiger partial charge in [0.25, 0.3) is 6.43 Å². The molecule has 0 spiro atoms. The van der Waals surface area contributed by atoms with Crippen molar-refractivity contribution in [2.24, 2.45) is 0 Å². The number of pyridine rings is 1. The molecule has 0 atom stereocenters. The van der Waals surface area contributed by atoms with E-state index in [4.69, 9.17) is 23.2 Å². The highest BCUT2D eigenvalue weighted by Crippen LogP contribution is 2.36. The van der Waals surface area contributed by atoms with E-state index < -0.39 is 12.5 Å². The van der Waals surface area contributed by atoms with Gasteiger partial charge in [0.05, 0.1) is 5.69 Å². The van der Waals surface area contributed by atoms with Gasteiger partial charge in [0.1, 0.15) is 5.15 Å². The highest BCUT2D eigenvalue weighted by molar-refractivity contribution is 6.31. The van der Waals surface area contributed by atoms with Crippen LogP contribution in [0.5, 0.6) is 0 Å². The highest BCUT2D eigenvalue weighted by Gasteiger charge is 2.22. The Morgan fingerprint density at radius 2 is 1.91 bits per heavy atom. The fraction of sp³-hybridized carbons (Fsp3) is 0.0667. The van der Waals surface area contributed by atoms with E-state index in [0.717, 1.165) is 4.57 Å². The smallest absolute Gasteiger partial charge is 0.417 e. The van der Waals surface area contributed by atoms with Crippen molar-refractivity contribution < 1.29 is 18.7 Å². The molecule has 0 unspecified atom stereocenters. The van der Waals surface area contributed by atoms with Gasteiger partial charge >= 0.3 is 6.09 Å². The first-order chi connectivity index (χ1) is 10.9. The molecule has 23 heavy (non-hydrogen) atoms. The van der Waals surface area contributed by atoms with Crippen molar-refractivity contribution in [2.75, 3.05) is 0 Å². The van der Waals surface area contributed by atoms with Gasteiger partial charge in [-0.15, -0.1) is 0 Å². The zero-order valence-corrected chi connectivity index (χ0v) is 12.8. The molecule has 0 bridgehead atoms. The number of carbonyl (C=O) groups is 1. The summed E-state index contributed by atoms with van der Waals surface area (Å²) in [5.41, 5.74) is -0.157. The van der Waals surface area contributed by atoms with Gasteiger partial charge in [0, 0.05) is 21.5 Å². The van der Waals surface area contributed by atoms with E-state index in [1.807, 2.05) is 0 Å². The summed E-state index contributed by atoms with van der Waals surface area (Å²) in [7, 11) is 0. The molecule has 2 aromatic heterocycles. The molecule has 0 aliphatic carbocycles. The first kappa shape index (κ1) is 15.7. The zero-order chi connectivity index (χ0) is 16.7. The molecule has 8 heteroatoms. The van der Waals surface area contributed by atoms with Crippen LogP contribution in [0, 0.1) is 0 Å². The Balaban J connectivity index is 2.39. The maximum atomic E-state index is 13.3. The maximum absolute atomic E-state index is 13.3. The fourth-order valence-corrected chi connectivity index (χ4v) is 2.70. The minimum absolute atomic E-state index is 0.0315. The number of aromatic nitrogens is 2. The Labute approximate surface area is 138 Å². The largest absolute Gasteiger partial charge is 0.464 e. The van der Waals surface area contributed by atoms with Crippen LogP contribution >= 0.6 is 23.2 Å². The molecule has 0 saturated carbocycles. The Hall–Kier alpha value is -2.18.